The number of benzene rings is 9. The molecule has 2 heterocycles. The van der Waals surface area contributed by atoms with Crippen molar-refractivity contribution in [3.8, 4) is 62.1 Å². The molecule has 0 fully saturated rings. The van der Waals surface area contributed by atoms with Gasteiger partial charge in [0.1, 0.15) is 0 Å². The van der Waals surface area contributed by atoms with Crippen LogP contribution in [0.4, 0.5) is 0 Å². The van der Waals surface area contributed by atoms with Gasteiger partial charge in [-0.2, -0.15) is 9.97 Å². The minimum Gasteiger partial charge on any atom is -0.277 e. The SMILES string of the molecule is CC1(C)c2ccccc2-c2cc(-c3cccc4c5ccc6ccccc6c5n(-c5nc(-c6ccc(-c7ccccc7)cc6)nc(-c6ccc7ccccc7c6)n5)c34)ccc21. The molecule has 0 spiro atoms. The Balaban J connectivity index is 1.15. The molecule has 9 aromatic carbocycles. The molecule has 60 heavy (non-hydrogen) atoms. The van der Waals surface area contributed by atoms with Crippen LogP contribution in [0.5, 0.6) is 0 Å². The van der Waals surface area contributed by atoms with Crippen LogP contribution in [0.25, 0.3) is 105 Å². The van der Waals surface area contributed by atoms with E-state index >= 15 is 0 Å². The van der Waals surface area contributed by atoms with E-state index in [1.54, 1.807) is 0 Å². The predicted octanol–water partition coefficient (Wildman–Crippen LogP) is 14.2. The quantitative estimate of drug-likeness (QED) is 0.175. The highest BCUT2D eigenvalue weighted by atomic mass is 15.2. The lowest BCUT2D eigenvalue weighted by molar-refractivity contribution is 0.660. The molecular weight excluding hydrogens is 729 g/mol. The number of fused-ring (bicyclic) bond motifs is 9. The van der Waals surface area contributed by atoms with Gasteiger partial charge in [0.2, 0.25) is 5.95 Å². The highest BCUT2D eigenvalue weighted by Gasteiger charge is 2.35. The molecule has 0 saturated heterocycles. The zero-order valence-electron chi connectivity index (χ0n) is 33.3. The van der Waals surface area contributed by atoms with Gasteiger partial charge in [0.25, 0.3) is 0 Å². The van der Waals surface area contributed by atoms with Crippen LogP contribution in [0.2, 0.25) is 0 Å². The number of para-hydroxylation sites is 1. The third-order valence-electron chi connectivity index (χ3n) is 12.6. The molecule has 2 aromatic heterocycles. The Morgan fingerprint density at radius 2 is 0.933 bits per heavy atom. The van der Waals surface area contributed by atoms with E-state index in [0.717, 1.165) is 65.8 Å². The van der Waals surface area contributed by atoms with Crippen LogP contribution in [0.3, 0.4) is 0 Å². The van der Waals surface area contributed by atoms with Crippen LogP contribution >= 0.6 is 0 Å². The van der Waals surface area contributed by atoms with Gasteiger partial charge in [0.05, 0.1) is 11.0 Å². The van der Waals surface area contributed by atoms with Crippen LogP contribution in [0, 0.1) is 0 Å². The molecule has 0 atom stereocenters. The van der Waals surface area contributed by atoms with Gasteiger partial charge in [-0.1, -0.05) is 196 Å². The first-order chi connectivity index (χ1) is 29.5. The maximum atomic E-state index is 5.43. The second-order valence-electron chi connectivity index (χ2n) is 16.4. The molecule has 4 nitrogen and oxygen atoms in total. The zero-order chi connectivity index (χ0) is 40.0. The van der Waals surface area contributed by atoms with E-state index in [2.05, 4.69) is 206 Å². The summed E-state index contributed by atoms with van der Waals surface area (Å²) >= 11 is 0. The van der Waals surface area contributed by atoms with Crippen LogP contribution in [0.1, 0.15) is 25.0 Å². The molecule has 4 heteroatoms. The average Bonchev–Trinajstić information content (AvgIpc) is 3.77. The molecule has 0 radical (unpaired) electrons. The summed E-state index contributed by atoms with van der Waals surface area (Å²) < 4.78 is 2.31. The Kier molecular flexibility index (Phi) is 7.54. The van der Waals surface area contributed by atoms with Crippen molar-refractivity contribution in [3.05, 3.63) is 205 Å². The summed E-state index contributed by atoms with van der Waals surface area (Å²) in [6, 6.07) is 69.6. The molecule has 282 valence electrons. The highest BCUT2D eigenvalue weighted by Crippen LogP contribution is 2.50. The van der Waals surface area contributed by atoms with Crippen molar-refractivity contribution in [1.82, 2.24) is 19.5 Å². The van der Waals surface area contributed by atoms with E-state index in [9.17, 15) is 0 Å². The van der Waals surface area contributed by atoms with Gasteiger partial charge in [-0.15, -0.1) is 0 Å². The maximum absolute atomic E-state index is 5.43. The van der Waals surface area contributed by atoms with Crippen molar-refractivity contribution in [2.24, 2.45) is 0 Å². The Morgan fingerprint density at radius 3 is 1.78 bits per heavy atom. The van der Waals surface area contributed by atoms with Gasteiger partial charge in [-0.25, -0.2) is 4.98 Å². The van der Waals surface area contributed by atoms with Gasteiger partial charge in [-0.3, -0.25) is 4.57 Å². The molecule has 0 saturated carbocycles. The Labute approximate surface area is 348 Å². The van der Waals surface area contributed by atoms with Crippen molar-refractivity contribution in [3.63, 3.8) is 0 Å². The van der Waals surface area contributed by atoms with Gasteiger partial charge in [0.15, 0.2) is 11.6 Å². The molecule has 1 aliphatic rings. The lowest BCUT2D eigenvalue weighted by atomic mass is 9.82. The second kappa shape index (κ2) is 13.2. The zero-order valence-corrected chi connectivity index (χ0v) is 33.3. The van der Waals surface area contributed by atoms with Crippen molar-refractivity contribution < 1.29 is 0 Å². The number of nitrogens with zero attached hydrogens (tertiary/aromatic N) is 4. The smallest absolute Gasteiger partial charge is 0.238 e. The third kappa shape index (κ3) is 5.27. The minimum atomic E-state index is -0.0793. The molecule has 1 aliphatic carbocycles. The first-order valence-electron chi connectivity index (χ1n) is 20.6. The first-order valence-corrected chi connectivity index (χ1v) is 20.6. The average molecular weight is 767 g/mol. The summed E-state index contributed by atoms with van der Waals surface area (Å²) in [5, 5.41) is 6.91. The molecule has 0 unspecified atom stereocenters. The van der Waals surface area contributed by atoms with Crippen LogP contribution in [-0.2, 0) is 5.41 Å². The summed E-state index contributed by atoms with van der Waals surface area (Å²) in [6.07, 6.45) is 0. The fourth-order valence-corrected chi connectivity index (χ4v) is 9.64. The van der Waals surface area contributed by atoms with Gasteiger partial charge in [-0.05, 0) is 67.2 Å². The molecule has 0 aliphatic heterocycles. The van der Waals surface area contributed by atoms with E-state index in [4.69, 9.17) is 15.0 Å². The van der Waals surface area contributed by atoms with Crippen LogP contribution < -0.4 is 0 Å². The highest BCUT2D eigenvalue weighted by molar-refractivity contribution is 6.21. The summed E-state index contributed by atoms with van der Waals surface area (Å²) in [6.45, 7) is 4.67. The molecular formula is C56H38N4. The number of hydrogen-bond donors (Lipinski definition) is 0. The van der Waals surface area contributed by atoms with Crippen LogP contribution in [-0.4, -0.2) is 19.5 Å². The molecule has 11 aromatic rings. The monoisotopic (exact) mass is 766 g/mol. The summed E-state index contributed by atoms with van der Waals surface area (Å²) in [7, 11) is 0. The fraction of sp³-hybridized carbons (Fsp3) is 0.0536. The Bertz CT molecular complexity index is 3510. The standard InChI is InChI=1S/C56H38N4/c1-56(2)49-22-11-10-19-45(49)48-34-41(30-32-50(48)56)44-20-12-21-46-47-31-29-38-16-8-9-18-43(38)51(47)60(52(44)46)55-58-53(39-26-23-37(24-27-39)35-13-4-3-5-14-35)57-54(59-55)42-28-25-36-15-6-7-17-40(36)33-42/h3-34H,1-2H3. The Hall–Kier alpha value is -7.69. The molecule has 0 bridgehead atoms. The molecule has 12 rings (SSSR count). The fourth-order valence-electron chi connectivity index (χ4n) is 9.64. The van der Waals surface area contributed by atoms with E-state index in [-0.39, 0.29) is 5.41 Å². The lowest BCUT2D eigenvalue weighted by Crippen LogP contribution is -2.14. The number of hydrogen-bond acceptors (Lipinski definition) is 3. The Morgan fingerprint density at radius 1 is 0.350 bits per heavy atom. The van der Waals surface area contributed by atoms with Crippen LogP contribution in [0.15, 0.2) is 194 Å². The van der Waals surface area contributed by atoms with Gasteiger partial charge in [0, 0.05) is 38.3 Å². The molecule has 0 amide bonds. The van der Waals surface area contributed by atoms with E-state index in [1.165, 1.54) is 33.2 Å². The largest absolute Gasteiger partial charge is 0.277 e. The van der Waals surface area contributed by atoms with Gasteiger partial charge < -0.3 is 0 Å². The van der Waals surface area contributed by atoms with Crippen molar-refractivity contribution in [2.45, 2.75) is 19.3 Å². The summed E-state index contributed by atoms with van der Waals surface area (Å²) in [5.74, 6) is 1.82. The maximum Gasteiger partial charge on any atom is 0.238 e. The topological polar surface area (TPSA) is 43.6 Å². The summed E-state index contributed by atoms with van der Waals surface area (Å²) in [5.41, 5.74) is 13.8. The normalized spacial score (nSPS) is 13.0. The number of aromatic nitrogens is 4. The lowest BCUT2D eigenvalue weighted by Gasteiger charge is -2.21. The predicted molar refractivity (Wildman–Crippen MR) is 248 cm³/mol. The van der Waals surface area contributed by atoms with E-state index in [1.807, 2.05) is 6.07 Å². The van der Waals surface area contributed by atoms with Crippen molar-refractivity contribution >= 4 is 43.4 Å². The summed E-state index contributed by atoms with van der Waals surface area (Å²) in [4.78, 5) is 16.1. The number of rotatable bonds is 5. The third-order valence-corrected chi connectivity index (χ3v) is 12.6. The van der Waals surface area contributed by atoms with Gasteiger partial charge >= 0.3 is 0 Å². The molecule has 0 N–H and O–H groups in total. The van der Waals surface area contributed by atoms with Crippen molar-refractivity contribution in [2.75, 3.05) is 0 Å². The first kappa shape index (κ1) is 34.4. The second-order valence-corrected chi connectivity index (χ2v) is 16.4. The minimum absolute atomic E-state index is 0.0793. The van der Waals surface area contributed by atoms with E-state index < -0.39 is 0 Å². The van der Waals surface area contributed by atoms with Crippen molar-refractivity contribution in [1.29, 1.82) is 0 Å². The van der Waals surface area contributed by atoms with E-state index in [0.29, 0.717) is 17.6 Å².